The molecule has 0 aromatic carbocycles. The van der Waals surface area contributed by atoms with Crippen LogP contribution in [0, 0.1) is 0 Å². The summed E-state index contributed by atoms with van der Waals surface area (Å²) in [6.07, 6.45) is 0.228. The van der Waals surface area contributed by atoms with E-state index >= 15 is 0 Å². The minimum atomic E-state index is -0.996. The largest absolute Gasteiger partial charge is 0.277 e. The SMILES string of the molecule is CN(Cl)C(C)(C)C(=O)N(Cl)C=O. The smallest absolute Gasteiger partial charge is 0.264 e. The van der Waals surface area contributed by atoms with E-state index in [9.17, 15) is 9.59 Å². The quantitative estimate of drug-likeness (QED) is 0.518. The molecule has 0 spiro atoms. The van der Waals surface area contributed by atoms with Crippen molar-refractivity contribution in [2.75, 3.05) is 7.05 Å². The lowest BCUT2D eigenvalue weighted by Gasteiger charge is -2.28. The molecule has 0 aromatic heterocycles. The van der Waals surface area contributed by atoms with Crippen molar-refractivity contribution < 1.29 is 9.59 Å². The Hall–Kier alpha value is -0.320. The number of carbonyl (C=O) groups is 2. The molecule has 0 atom stereocenters. The topological polar surface area (TPSA) is 40.6 Å². The molecule has 12 heavy (non-hydrogen) atoms. The van der Waals surface area contributed by atoms with E-state index in [1.165, 1.54) is 7.05 Å². The van der Waals surface area contributed by atoms with E-state index in [2.05, 4.69) is 0 Å². The Bertz CT molecular complexity index is 194. The van der Waals surface area contributed by atoms with Crippen LogP contribution >= 0.6 is 23.6 Å². The zero-order valence-corrected chi connectivity index (χ0v) is 8.56. The van der Waals surface area contributed by atoms with Crippen LogP contribution in [0.2, 0.25) is 0 Å². The standard InChI is InChI=1S/C6H10Cl2N2O2/c1-6(2,9(3)7)5(12)10(8)4-11/h4H,1-3H3. The second-order valence-electron chi connectivity index (χ2n) is 2.76. The Morgan fingerprint density at radius 3 is 2.08 bits per heavy atom. The van der Waals surface area contributed by atoms with Crippen LogP contribution in [0.25, 0.3) is 0 Å². The van der Waals surface area contributed by atoms with E-state index in [-0.39, 0.29) is 6.41 Å². The number of halogens is 2. The molecule has 0 saturated carbocycles. The van der Waals surface area contributed by atoms with Crippen molar-refractivity contribution in [3.63, 3.8) is 0 Å². The van der Waals surface area contributed by atoms with Gasteiger partial charge in [0.05, 0.1) is 0 Å². The van der Waals surface area contributed by atoms with Gasteiger partial charge in [-0.25, -0.2) is 4.42 Å². The molecule has 0 unspecified atom stereocenters. The average molecular weight is 213 g/mol. The van der Waals surface area contributed by atoms with Crippen molar-refractivity contribution in [2.45, 2.75) is 19.4 Å². The summed E-state index contributed by atoms with van der Waals surface area (Å²) in [6.45, 7) is 3.11. The lowest BCUT2D eigenvalue weighted by atomic mass is 10.1. The van der Waals surface area contributed by atoms with E-state index in [1.807, 2.05) is 0 Å². The van der Waals surface area contributed by atoms with E-state index in [4.69, 9.17) is 23.6 Å². The van der Waals surface area contributed by atoms with Crippen LogP contribution in [0.15, 0.2) is 0 Å². The van der Waals surface area contributed by atoms with Crippen molar-refractivity contribution in [2.24, 2.45) is 0 Å². The van der Waals surface area contributed by atoms with Crippen LogP contribution in [-0.2, 0) is 9.59 Å². The first-order chi connectivity index (χ1) is 5.34. The van der Waals surface area contributed by atoms with Crippen molar-refractivity contribution in [3.8, 4) is 0 Å². The fourth-order valence-electron chi connectivity index (χ4n) is 0.441. The van der Waals surface area contributed by atoms with E-state index in [0.717, 1.165) is 4.42 Å². The van der Waals surface area contributed by atoms with Crippen molar-refractivity contribution in [1.82, 2.24) is 8.84 Å². The minimum Gasteiger partial charge on any atom is -0.277 e. The van der Waals surface area contributed by atoms with Gasteiger partial charge >= 0.3 is 0 Å². The summed E-state index contributed by atoms with van der Waals surface area (Å²) < 4.78 is 1.60. The highest BCUT2D eigenvalue weighted by molar-refractivity contribution is 6.28. The maximum Gasteiger partial charge on any atom is 0.264 e. The number of rotatable bonds is 3. The molecule has 70 valence electrons. The molecule has 0 N–H and O–H groups in total. The lowest BCUT2D eigenvalue weighted by Crippen LogP contribution is -2.48. The number of carbonyl (C=O) groups excluding carboxylic acids is 2. The molecular weight excluding hydrogens is 203 g/mol. The summed E-state index contributed by atoms with van der Waals surface area (Å²) in [5, 5.41) is 0. The summed E-state index contributed by atoms with van der Waals surface area (Å²) in [5.74, 6) is -0.573. The van der Waals surface area contributed by atoms with Crippen molar-refractivity contribution >= 4 is 35.9 Å². The fraction of sp³-hybridized carbons (Fsp3) is 0.667. The van der Waals surface area contributed by atoms with Gasteiger partial charge in [0.25, 0.3) is 5.91 Å². The van der Waals surface area contributed by atoms with Crippen LogP contribution in [0.1, 0.15) is 13.8 Å². The zero-order chi connectivity index (χ0) is 9.94. The van der Waals surface area contributed by atoms with Gasteiger partial charge in [0.2, 0.25) is 6.41 Å². The molecule has 4 nitrogen and oxygen atoms in total. The van der Waals surface area contributed by atoms with E-state index < -0.39 is 11.4 Å². The monoisotopic (exact) mass is 212 g/mol. The number of hydrogen-bond acceptors (Lipinski definition) is 3. The molecule has 0 heterocycles. The third-order valence-corrected chi connectivity index (χ3v) is 2.24. The molecule has 6 heteroatoms. The van der Waals surface area contributed by atoms with Crippen LogP contribution in [0.4, 0.5) is 0 Å². The van der Waals surface area contributed by atoms with E-state index in [1.54, 1.807) is 13.8 Å². The molecule has 0 radical (unpaired) electrons. The molecular formula is C6H10Cl2N2O2. The average Bonchev–Trinajstić information content (AvgIpc) is 2.01. The number of likely N-dealkylation sites (N-methyl/N-ethyl adjacent to an activating group) is 1. The summed E-state index contributed by atoms with van der Waals surface area (Å²) in [6, 6.07) is 0. The third kappa shape index (κ3) is 2.33. The summed E-state index contributed by atoms with van der Waals surface area (Å²) in [4.78, 5) is 21.4. The third-order valence-electron chi connectivity index (χ3n) is 1.58. The Kier molecular flexibility index (Phi) is 3.96. The first-order valence-electron chi connectivity index (χ1n) is 3.18. The first-order valence-corrected chi connectivity index (χ1v) is 3.86. The lowest BCUT2D eigenvalue weighted by molar-refractivity contribution is -0.138. The second-order valence-corrected chi connectivity index (χ2v) is 3.63. The number of nitrogens with zero attached hydrogens (tertiary/aromatic N) is 2. The van der Waals surface area contributed by atoms with Crippen molar-refractivity contribution in [3.05, 3.63) is 0 Å². The highest BCUT2D eigenvalue weighted by atomic mass is 35.5. The molecule has 0 aliphatic heterocycles. The van der Waals surface area contributed by atoms with Gasteiger partial charge in [0.1, 0.15) is 5.54 Å². The molecule has 0 bridgehead atoms. The van der Waals surface area contributed by atoms with Crippen LogP contribution < -0.4 is 0 Å². The maximum atomic E-state index is 11.3. The Balaban J connectivity index is 4.56. The van der Waals surface area contributed by atoms with Gasteiger partial charge in [0, 0.05) is 18.8 Å². The zero-order valence-electron chi connectivity index (χ0n) is 7.04. The predicted octanol–water partition coefficient (Wildman–Crippen LogP) is 0.989. The summed E-state index contributed by atoms with van der Waals surface area (Å²) in [5.41, 5.74) is -0.996. The Morgan fingerprint density at radius 1 is 1.42 bits per heavy atom. The number of hydrogen-bond donors (Lipinski definition) is 0. The normalized spacial score (nSPS) is 11.5. The number of imide groups is 1. The first kappa shape index (κ1) is 11.7. The summed E-state index contributed by atoms with van der Waals surface area (Å²) in [7, 11) is 1.51. The fourth-order valence-corrected chi connectivity index (χ4v) is 0.720. The Morgan fingerprint density at radius 2 is 1.83 bits per heavy atom. The van der Waals surface area contributed by atoms with Crippen LogP contribution in [-0.4, -0.2) is 33.7 Å². The number of amides is 2. The van der Waals surface area contributed by atoms with Gasteiger partial charge in [-0.05, 0) is 25.6 Å². The molecule has 0 saturated heterocycles. The molecule has 0 rings (SSSR count). The molecule has 0 aliphatic rings. The maximum absolute atomic E-state index is 11.3. The molecule has 0 fully saturated rings. The van der Waals surface area contributed by atoms with E-state index in [0.29, 0.717) is 4.42 Å². The molecule has 0 aliphatic carbocycles. The van der Waals surface area contributed by atoms with Crippen LogP contribution in [0.3, 0.4) is 0 Å². The van der Waals surface area contributed by atoms with Gasteiger partial charge in [-0.1, -0.05) is 0 Å². The molecule has 2 amide bonds. The Labute approximate surface area is 81.2 Å². The second kappa shape index (κ2) is 4.07. The van der Waals surface area contributed by atoms with Gasteiger partial charge in [0.15, 0.2) is 0 Å². The van der Waals surface area contributed by atoms with Crippen LogP contribution in [0.5, 0.6) is 0 Å². The van der Waals surface area contributed by atoms with Gasteiger partial charge < -0.3 is 0 Å². The van der Waals surface area contributed by atoms with Gasteiger partial charge in [-0.3, -0.25) is 9.59 Å². The minimum absolute atomic E-state index is 0.228. The summed E-state index contributed by atoms with van der Waals surface area (Å²) >= 11 is 10.9. The van der Waals surface area contributed by atoms with Gasteiger partial charge in [-0.15, -0.1) is 0 Å². The molecule has 0 aromatic rings. The predicted molar refractivity (Wildman–Crippen MR) is 46.5 cm³/mol. The van der Waals surface area contributed by atoms with Crippen molar-refractivity contribution in [1.29, 1.82) is 0 Å². The highest BCUT2D eigenvalue weighted by Crippen LogP contribution is 2.18. The van der Waals surface area contributed by atoms with Gasteiger partial charge in [-0.2, -0.15) is 4.42 Å². The highest BCUT2D eigenvalue weighted by Gasteiger charge is 2.35.